The minimum Gasteiger partial charge on any atom is -0.496 e. The summed E-state index contributed by atoms with van der Waals surface area (Å²) >= 11 is 6.15. The molecular weight excluding hydrogens is 250 g/mol. The van der Waals surface area contributed by atoms with Crippen molar-refractivity contribution < 1.29 is 9.47 Å². The van der Waals surface area contributed by atoms with Gasteiger partial charge in [0.1, 0.15) is 5.75 Å². The summed E-state index contributed by atoms with van der Waals surface area (Å²) in [6, 6.07) is 5.69. The number of benzene rings is 1. The summed E-state index contributed by atoms with van der Waals surface area (Å²) in [5.74, 6) is 0.827. The summed E-state index contributed by atoms with van der Waals surface area (Å²) in [5, 5.41) is 4.08. The van der Waals surface area contributed by atoms with Crippen LogP contribution < -0.4 is 10.1 Å². The van der Waals surface area contributed by atoms with Crippen LogP contribution in [0.2, 0.25) is 5.02 Å². The lowest BCUT2D eigenvalue weighted by molar-refractivity contribution is 0.0770. The lowest BCUT2D eigenvalue weighted by atomic mass is 10.2. The van der Waals surface area contributed by atoms with E-state index in [-0.39, 0.29) is 0 Å². The van der Waals surface area contributed by atoms with Gasteiger partial charge in [-0.25, -0.2) is 0 Å². The van der Waals surface area contributed by atoms with Crippen LogP contribution in [0.1, 0.15) is 25.8 Å². The maximum Gasteiger partial charge on any atom is 0.124 e. The smallest absolute Gasteiger partial charge is 0.124 e. The van der Waals surface area contributed by atoms with Crippen LogP contribution >= 0.6 is 11.6 Å². The third-order valence-electron chi connectivity index (χ3n) is 2.55. The summed E-state index contributed by atoms with van der Waals surface area (Å²) in [5.41, 5.74) is 1.01. The number of ether oxygens (including phenoxy) is 2. The van der Waals surface area contributed by atoms with Crippen LogP contribution in [0.4, 0.5) is 0 Å². The SMILES string of the molecule is COc1cccc(Cl)c1CNCCCOC(C)C. The molecule has 1 aromatic carbocycles. The Morgan fingerprint density at radius 1 is 1.33 bits per heavy atom. The van der Waals surface area contributed by atoms with Crippen LogP contribution in [0.25, 0.3) is 0 Å². The Balaban J connectivity index is 2.31. The minimum absolute atomic E-state index is 0.300. The highest BCUT2D eigenvalue weighted by molar-refractivity contribution is 6.31. The molecule has 0 aliphatic heterocycles. The van der Waals surface area contributed by atoms with Crippen molar-refractivity contribution in [3.8, 4) is 5.75 Å². The molecule has 18 heavy (non-hydrogen) atoms. The molecule has 0 saturated carbocycles. The molecule has 0 atom stereocenters. The van der Waals surface area contributed by atoms with Crippen molar-refractivity contribution in [1.29, 1.82) is 0 Å². The standard InChI is InChI=1S/C14H22ClNO2/c1-11(2)18-9-5-8-16-10-12-13(15)6-4-7-14(12)17-3/h4,6-7,11,16H,5,8-10H2,1-3H3. The fourth-order valence-electron chi connectivity index (χ4n) is 1.63. The van der Waals surface area contributed by atoms with Gasteiger partial charge in [0.15, 0.2) is 0 Å². The number of nitrogens with one attached hydrogen (secondary N) is 1. The van der Waals surface area contributed by atoms with Crippen LogP contribution in [-0.2, 0) is 11.3 Å². The Morgan fingerprint density at radius 2 is 2.11 bits per heavy atom. The molecule has 1 rings (SSSR count). The highest BCUT2D eigenvalue weighted by Crippen LogP contribution is 2.25. The lowest BCUT2D eigenvalue weighted by Crippen LogP contribution is -2.18. The van der Waals surface area contributed by atoms with Crippen LogP contribution in [0.5, 0.6) is 5.75 Å². The molecule has 4 heteroatoms. The predicted octanol–water partition coefficient (Wildman–Crippen LogP) is 3.25. The van der Waals surface area contributed by atoms with Gasteiger partial charge in [-0.05, 0) is 38.9 Å². The molecule has 0 saturated heterocycles. The Hall–Kier alpha value is -0.770. The number of halogens is 1. The highest BCUT2D eigenvalue weighted by Gasteiger charge is 2.06. The normalized spacial score (nSPS) is 10.9. The summed E-state index contributed by atoms with van der Waals surface area (Å²) < 4.78 is 10.8. The molecule has 0 amide bonds. The number of methoxy groups -OCH3 is 1. The van der Waals surface area contributed by atoms with Gasteiger partial charge in [0, 0.05) is 23.7 Å². The first-order valence-electron chi connectivity index (χ1n) is 6.29. The number of hydrogen-bond donors (Lipinski definition) is 1. The van der Waals surface area contributed by atoms with E-state index in [2.05, 4.69) is 5.32 Å². The summed E-state index contributed by atoms with van der Waals surface area (Å²) in [6.07, 6.45) is 1.29. The third-order valence-corrected chi connectivity index (χ3v) is 2.90. The van der Waals surface area contributed by atoms with E-state index in [0.717, 1.165) is 35.9 Å². The molecule has 102 valence electrons. The van der Waals surface area contributed by atoms with E-state index in [0.29, 0.717) is 12.6 Å². The molecule has 0 aliphatic rings. The summed E-state index contributed by atoms with van der Waals surface area (Å²) in [6.45, 7) is 6.49. The van der Waals surface area contributed by atoms with Gasteiger partial charge in [-0.2, -0.15) is 0 Å². The molecule has 1 N–H and O–H groups in total. The molecule has 0 aliphatic carbocycles. The van der Waals surface area contributed by atoms with Gasteiger partial charge in [0.25, 0.3) is 0 Å². The average molecular weight is 272 g/mol. The molecule has 1 aromatic rings. The first kappa shape index (κ1) is 15.3. The molecule has 3 nitrogen and oxygen atoms in total. The van der Waals surface area contributed by atoms with Gasteiger partial charge < -0.3 is 14.8 Å². The molecule has 0 fully saturated rings. The molecule has 0 spiro atoms. The van der Waals surface area contributed by atoms with E-state index in [1.807, 2.05) is 32.0 Å². The third kappa shape index (κ3) is 5.25. The second-order valence-electron chi connectivity index (χ2n) is 4.37. The zero-order chi connectivity index (χ0) is 13.4. The van der Waals surface area contributed by atoms with E-state index in [1.54, 1.807) is 7.11 Å². The Morgan fingerprint density at radius 3 is 2.78 bits per heavy atom. The van der Waals surface area contributed by atoms with E-state index in [1.165, 1.54) is 0 Å². The zero-order valence-corrected chi connectivity index (χ0v) is 12.1. The van der Waals surface area contributed by atoms with E-state index in [4.69, 9.17) is 21.1 Å². The molecule has 0 unspecified atom stereocenters. The van der Waals surface area contributed by atoms with Gasteiger partial charge in [-0.3, -0.25) is 0 Å². The van der Waals surface area contributed by atoms with Gasteiger partial charge in [-0.1, -0.05) is 17.7 Å². The monoisotopic (exact) mass is 271 g/mol. The second kappa shape index (κ2) is 8.35. The van der Waals surface area contributed by atoms with Crippen LogP contribution in [0, 0.1) is 0 Å². The van der Waals surface area contributed by atoms with Gasteiger partial charge in [-0.15, -0.1) is 0 Å². The fraction of sp³-hybridized carbons (Fsp3) is 0.571. The quantitative estimate of drug-likeness (QED) is 0.736. The highest BCUT2D eigenvalue weighted by atomic mass is 35.5. The number of hydrogen-bond acceptors (Lipinski definition) is 3. The Kier molecular flexibility index (Phi) is 7.09. The summed E-state index contributed by atoms with van der Waals surface area (Å²) in [4.78, 5) is 0. The van der Waals surface area contributed by atoms with Crippen LogP contribution in [-0.4, -0.2) is 26.4 Å². The fourth-order valence-corrected chi connectivity index (χ4v) is 1.86. The van der Waals surface area contributed by atoms with Gasteiger partial charge in [0.2, 0.25) is 0 Å². The van der Waals surface area contributed by atoms with Crippen molar-refractivity contribution in [2.45, 2.75) is 32.9 Å². The minimum atomic E-state index is 0.300. The van der Waals surface area contributed by atoms with Crippen molar-refractivity contribution in [3.05, 3.63) is 28.8 Å². The van der Waals surface area contributed by atoms with Crippen LogP contribution in [0.3, 0.4) is 0 Å². The van der Waals surface area contributed by atoms with Crippen molar-refractivity contribution >= 4 is 11.6 Å². The molecule has 0 bridgehead atoms. The zero-order valence-electron chi connectivity index (χ0n) is 11.3. The summed E-state index contributed by atoms with van der Waals surface area (Å²) in [7, 11) is 1.66. The average Bonchev–Trinajstić information content (AvgIpc) is 2.34. The molecule has 0 radical (unpaired) electrons. The van der Waals surface area contributed by atoms with Crippen molar-refractivity contribution in [2.24, 2.45) is 0 Å². The van der Waals surface area contributed by atoms with Gasteiger partial charge in [0.05, 0.1) is 13.2 Å². The van der Waals surface area contributed by atoms with Crippen molar-refractivity contribution in [1.82, 2.24) is 5.32 Å². The molecule has 0 aromatic heterocycles. The largest absolute Gasteiger partial charge is 0.496 e. The maximum atomic E-state index is 6.15. The van der Waals surface area contributed by atoms with E-state index in [9.17, 15) is 0 Å². The van der Waals surface area contributed by atoms with Crippen molar-refractivity contribution in [3.63, 3.8) is 0 Å². The molecular formula is C14H22ClNO2. The predicted molar refractivity (Wildman–Crippen MR) is 75.4 cm³/mol. The maximum absolute atomic E-state index is 6.15. The first-order valence-corrected chi connectivity index (χ1v) is 6.66. The first-order chi connectivity index (χ1) is 8.65. The molecule has 0 heterocycles. The van der Waals surface area contributed by atoms with Crippen molar-refractivity contribution in [2.75, 3.05) is 20.3 Å². The lowest BCUT2D eigenvalue weighted by Gasteiger charge is -2.12. The van der Waals surface area contributed by atoms with Gasteiger partial charge >= 0.3 is 0 Å². The Labute approximate surface area is 114 Å². The topological polar surface area (TPSA) is 30.5 Å². The van der Waals surface area contributed by atoms with E-state index < -0.39 is 0 Å². The number of rotatable bonds is 8. The van der Waals surface area contributed by atoms with E-state index >= 15 is 0 Å². The second-order valence-corrected chi connectivity index (χ2v) is 4.78. The van der Waals surface area contributed by atoms with Crippen LogP contribution in [0.15, 0.2) is 18.2 Å². The Bertz CT molecular complexity index is 356.